The van der Waals surface area contributed by atoms with Crippen molar-refractivity contribution in [2.75, 3.05) is 26.2 Å². The van der Waals surface area contributed by atoms with Gasteiger partial charge in [-0.3, -0.25) is 0 Å². The number of piperidine rings is 2. The van der Waals surface area contributed by atoms with E-state index in [0.717, 1.165) is 68.5 Å². The van der Waals surface area contributed by atoms with Gasteiger partial charge in [-0.15, -0.1) is 0 Å². The molecule has 2 fully saturated rings. The molecule has 0 N–H and O–H groups in total. The lowest BCUT2D eigenvalue weighted by atomic mass is 9.93. The number of carbonyl (C=O) groups excluding carboxylic acids is 1. The molecule has 2 aliphatic heterocycles. The third-order valence-corrected chi connectivity index (χ3v) is 7.29. The second kappa shape index (κ2) is 9.84. The summed E-state index contributed by atoms with van der Waals surface area (Å²) < 4.78 is 13.1. The molecule has 1 aromatic carbocycles. The second-order valence-electron chi connectivity index (χ2n) is 11.4. The number of hydrogen-bond acceptors (Lipinski definition) is 7. The lowest BCUT2D eigenvalue weighted by Crippen LogP contribution is -2.49. The zero-order valence-electron chi connectivity index (χ0n) is 22.1. The van der Waals surface area contributed by atoms with Crippen LogP contribution in [0.15, 0.2) is 28.8 Å². The van der Waals surface area contributed by atoms with Gasteiger partial charge in [0.2, 0.25) is 5.89 Å². The van der Waals surface area contributed by atoms with Gasteiger partial charge in [-0.05, 0) is 76.7 Å². The van der Waals surface area contributed by atoms with Gasteiger partial charge < -0.3 is 19.1 Å². The molecule has 194 valence electrons. The quantitative estimate of drug-likeness (QED) is 0.498. The molecule has 0 saturated carbocycles. The number of fused-ring (bicyclic) bond motifs is 1. The first-order valence-corrected chi connectivity index (χ1v) is 13.2. The van der Waals surface area contributed by atoms with Crippen LogP contribution in [0.1, 0.15) is 83.7 Å². The fraction of sp³-hybridized carbons (Fsp3) is 0.630. The Kier molecular flexibility index (Phi) is 6.76. The van der Waals surface area contributed by atoms with Gasteiger partial charge >= 0.3 is 6.09 Å². The van der Waals surface area contributed by atoms with Crippen molar-refractivity contribution in [2.24, 2.45) is 0 Å². The number of amides is 1. The Morgan fingerprint density at radius 3 is 2.42 bits per heavy atom. The molecule has 0 bridgehead atoms. The van der Waals surface area contributed by atoms with Crippen LogP contribution in [0.4, 0.5) is 4.79 Å². The van der Waals surface area contributed by atoms with Crippen LogP contribution in [-0.2, 0) is 4.74 Å². The minimum absolute atomic E-state index is 0.197. The maximum atomic E-state index is 12.4. The summed E-state index contributed by atoms with van der Waals surface area (Å²) in [5.74, 6) is 1.78. The molecule has 0 radical (unpaired) electrons. The number of carbonyl (C=O) groups is 1. The predicted octanol–water partition coefficient (Wildman–Crippen LogP) is 5.11. The average molecular weight is 495 g/mol. The summed E-state index contributed by atoms with van der Waals surface area (Å²) >= 11 is 0. The number of hydrogen-bond donors (Lipinski definition) is 0. The SMILES string of the molecule is CC(C)c1nn(-c2noc(C3CCN(C4CCN(C(=O)OC(C)(C)C)CC4)CC3)n2)c2ccccc12. The summed E-state index contributed by atoms with van der Waals surface area (Å²) in [6, 6.07) is 8.71. The van der Waals surface area contributed by atoms with E-state index in [4.69, 9.17) is 19.3 Å². The predicted molar refractivity (Wildman–Crippen MR) is 137 cm³/mol. The number of likely N-dealkylation sites (tertiary alicyclic amines) is 2. The van der Waals surface area contributed by atoms with Crippen LogP contribution in [0, 0.1) is 0 Å². The smallest absolute Gasteiger partial charge is 0.410 e. The second-order valence-corrected chi connectivity index (χ2v) is 11.4. The van der Waals surface area contributed by atoms with Crippen LogP contribution in [0.25, 0.3) is 16.9 Å². The molecule has 5 rings (SSSR count). The molecule has 0 atom stereocenters. The van der Waals surface area contributed by atoms with Crippen LogP contribution in [0.2, 0.25) is 0 Å². The van der Waals surface area contributed by atoms with Crippen LogP contribution in [-0.4, -0.2) is 73.6 Å². The Morgan fingerprint density at radius 1 is 1.06 bits per heavy atom. The van der Waals surface area contributed by atoms with Gasteiger partial charge in [-0.25, -0.2) is 4.79 Å². The van der Waals surface area contributed by atoms with Gasteiger partial charge in [-0.2, -0.15) is 14.8 Å². The zero-order chi connectivity index (χ0) is 25.4. The van der Waals surface area contributed by atoms with E-state index < -0.39 is 5.60 Å². The van der Waals surface area contributed by atoms with E-state index in [1.165, 1.54) is 0 Å². The third-order valence-electron chi connectivity index (χ3n) is 7.29. The van der Waals surface area contributed by atoms with Crippen molar-refractivity contribution in [3.63, 3.8) is 0 Å². The van der Waals surface area contributed by atoms with E-state index in [1.807, 2.05) is 42.5 Å². The number of aromatic nitrogens is 4. The minimum atomic E-state index is -0.453. The lowest BCUT2D eigenvalue weighted by molar-refractivity contribution is 0.0124. The van der Waals surface area contributed by atoms with E-state index in [9.17, 15) is 4.79 Å². The standard InChI is InChI=1S/C27H38N6O3/c1-18(2)23-21-8-6-7-9-22(21)33(29-23)25-28-24(36-30-25)19-10-14-31(15-11-19)20-12-16-32(17-13-20)26(34)35-27(3,4)5/h6-9,18-20H,10-17H2,1-5H3. The first kappa shape index (κ1) is 24.7. The highest BCUT2D eigenvalue weighted by atomic mass is 16.6. The van der Waals surface area contributed by atoms with Gasteiger partial charge in [0, 0.05) is 30.4 Å². The van der Waals surface area contributed by atoms with Gasteiger partial charge in [0.05, 0.1) is 11.2 Å². The molecule has 2 saturated heterocycles. The van der Waals surface area contributed by atoms with Crippen LogP contribution < -0.4 is 0 Å². The highest BCUT2D eigenvalue weighted by Gasteiger charge is 2.33. The number of ether oxygens (including phenoxy) is 1. The highest BCUT2D eigenvalue weighted by Crippen LogP contribution is 2.31. The van der Waals surface area contributed by atoms with Crippen molar-refractivity contribution < 1.29 is 14.1 Å². The normalized spacial score (nSPS) is 18.9. The van der Waals surface area contributed by atoms with Gasteiger partial charge in [0.15, 0.2) is 0 Å². The van der Waals surface area contributed by atoms with Crippen molar-refractivity contribution in [1.29, 1.82) is 0 Å². The molecule has 2 aliphatic rings. The first-order chi connectivity index (χ1) is 17.2. The van der Waals surface area contributed by atoms with Crippen LogP contribution in [0.3, 0.4) is 0 Å². The average Bonchev–Trinajstić information content (AvgIpc) is 3.48. The Balaban J connectivity index is 1.18. The largest absolute Gasteiger partial charge is 0.444 e. The number of nitrogens with zero attached hydrogens (tertiary/aromatic N) is 6. The van der Waals surface area contributed by atoms with Crippen molar-refractivity contribution in [2.45, 2.75) is 83.8 Å². The molecule has 0 spiro atoms. The molecule has 0 unspecified atom stereocenters. The summed E-state index contributed by atoms with van der Waals surface area (Å²) in [4.78, 5) is 21.5. The first-order valence-electron chi connectivity index (χ1n) is 13.2. The Bertz CT molecular complexity index is 1190. The number of para-hydroxylation sites is 1. The Labute approximate surface area is 212 Å². The summed E-state index contributed by atoms with van der Waals surface area (Å²) in [5.41, 5.74) is 1.59. The summed E-state index contributed by atoms with van der Waals surface area (Å²) in [6.45, 7) is 13.5. The summed E-state index contributed by atoms with van der Waals surface area (Å²) in [7, 11) is 0. The van der Waals surface area contributed by atoms with Gasteiger partial charge in [0.25, 0.3) is 5.95 Å². The van der Waals surface area contributed by atoms with Crippen molar-refractivity contribution in [3.8, 4) is 5.95 Å². The molecular weight excluding hydrogens is 456 g/mol. The van der Waals surface area contributed by atoms with Crippen molar-refractivity contribution in [3.05, 3.63) is 35.9 Å². The molecular formula is C27H38N6O3. The number of rotatable bonds is 4. The maximum absolute atomic E-state index is 12.4. The molecule has 3 aromatic rings. The van der Waals surface area contributed by atoms with E-state index in [0.29, 0.717) is 23.8 Å². The molecule has 36 heavy (non-hydrogen) atoms. The molecule has 2 aromatic heterocycles. The zero-order valence-corrected chi connectivity index (χ0v) is 22.1. The minimum Gasteiger partial charge on any atom is -0.444 e. The lowest BCUT2D eigenvalue weighted by Gasteiger charge is -2.41. The van der Waals surface area contributed by atoms with Crippen LogP contribution in [0.5, 0.6) is 0 Å². The molecule has 9 nitrogen and oxygen atoms in total. The topological polar surface area (TPSA) is 89.5 Å². The Morgan fingerprint density at radius 2 is 1.75 bits per heavy atom. The maximum Gasteiger partial charge on any atom is 0.410 e. The molecule has 0 aliphatic carbocycles. The van der Waals surface area contributed by atoms with E-state index >= 15 is 0 Å². The fourth-order valence-corrected chi connectivity index (χ4v) is 5.40. The van der Waals surface area contributed by atoms with Crippen LogP contribution >= 0.6 is 0 Å². The van der Waals surface area contributed by atoms with Gasteiger partial charge in [-0.1, -0.05) is 32.0 Å². The summed E-state index contributed by atoms with van der Waals surface area (Å²) in [6.07, 6.45) is 3.76. The Hall–Kier alpha value is -2.94. The van der Waals surface area contributed by atoms with E-state index in [1.54, 1.807) is 0 Å². The fourth-order valence-electron chi connectivity index (χ4n) is 5.40. The third kappa shape index (κ3) is 5.12. The highest BCUT2D eigenvalue weighted by molar-refractivity contribution is 5.83. The number of benzene rings is 1. The van der Waals surface area contributed by atoms with Crippen molar-refractivity contribution >= 4 is 17.0 Å². The monoisotopic (exact) mass is 494 g/mol. The molecule has 1 amide bonds. The van der Waals surface area contributed by atoms with E-state index in [2.05, 4.69) is 36.0 Å². The molecule has 4 heterocycles. The molecule has 9 heteroatoms. The summed E-state index contributed by atoms with van der Waals surface area (Å²) in [5, 5.41) is 10.2. The van der Waals surface area contributed by atoms with E-state index in [-0.39, 0.29) is 12.0 Å². The van der Waals surface area contributed by atoms with Gasteiger partial charge in [0.1, 0.15) is 5.60 Å². The van der Waals surface area contributed by atoms with Crippen molar-refractivity contribution in [1.82, 2.24) is 29.7 Å².